The standard InChI is InChI=1S/C24H29N3O3/c1-4-5-6-15-30-22-17(2)7-8-19-16-20(24(29)27(3)21(19)22)23(28)26-14-11-18-9-12-25-13-10-18/h7-10,12-13,16H,4-6,11,14-15H2,1-3H3,(H,26,28). The van der Waals surface area contributed by atoms with Crippen LogP contribution < -0.4 is 15.6 Å². The van der Waals surface area contributed by atoms with Crippen LogP contribution >= 0.6 is 0 Å². The Balaban J connectivity index is 1.83. The highest BCUT2D eigenvalue weighted by Gasteiger charge is 2.17. The van der Waals surface area contributed by atoms with Crippen LogP contribution in [-0.4, -0.2) is 28.6 Å². The van der Waals surface area contributed by atoms with E-state index in [1.807, 2.05) is 31.2 Å². The van der Waals surface area contributed by atoms with Gasteiger partial charge in [-0.2, -0.15) is 0 Å². The zero-order valence-electron chi connectivity index (χ0n) is 17.9. The molecule has 0 saturated heterocycles. The Labute approximate surface area is 176 Å². The number of pyridine rings is 2. The minimum absolute atomic E-state index is 0.139. The third-order valence-corrected chi connectivity index (χ3v) is 5.22. The average Bonchev–Trinajstić information content (AvgIpc) is 2.75. The number of rotatable bonds is 9. The molecule has 6 nitrogen and oxygen atoms in total. The molecular formula is C24H29N3O3. The van der Waals surface area contributed by atoms with Crippen molar-refractivity contribution in [2.45, 2.75) is 39.5 Å². The lowest BCUT2D eigenvalue weighted by Gasteiger charge is -2.16. The number of hydrogen-bond acceptors (Lipinski definition) is 4. The number of fused-ring (bicyclic) bond motifs is 1. The van der Waals surface area contributed by atoms with Crippen molar-refractivity contribution in [1.29, 1.82) is 0 Å². The van der Waals surface area contributed by atoms with Gasteiger partial charge in [0.1, 0.15) is 11.3 Å². The molecule has 0 bridgehead atoms. The van der Waals surface area contributed by atoms with Gasteiger partial charge in [-0.1, -0.05) is 31.9 Å². The SMILES string of the molecule is CCCCCOc1c(C)ccc2cc(C(=O)NCCc3ccncc3)c(=O)n(C)c12. The minimum atomic E-state index is -0.363. The van der Waals surface area contributed by atoms with Crippen LogP contribution in [0.15, 0.2) is 47.5 Å². The molecule has 0 radical (unpaired) electrons. The predicted molar refractivity (Wildman–Crippen MR) is 119 cm³/mol. The summed E-state index contributed by atoms with van der Waals surface area (Å²) in [6.45, 7) is 5.18. The first-order chi connectivity index (χ1) is 14.5. The summed E-state index contributed by atoms with van der Waals surface area (Å²) in [5, 5.41) is 3.66. The quantitative estimate of drug-likeness (QED) is 0.548. The van der Waals surface area contributed by atoms with E-state index in [0.29, 0.717) is 25.3 Å². The minimum Gasteiger partial charge on any atom is -0.491 e. The molecule has 2 aromatic heterocycles. The van der Waals surface area contributed by atoms with Gasteiger partial charge in [0.05, 0.1) is 12.1 Å². The number of carbonyl (C=O) groups excluding carboxylic acids is 1. The summed E-state index contributed by atoms with van der Waals surface area (Å²) < 4.78 is 7.56. The monoisotopic (exact) mass is 407 g/mol. The molecule has 0 spiro atoms. The number of hydrogen-bond donors (Lipinski definition) is 1. The first-order valence-electron chi connectivity index (χ1n) is 10.5. The zero-order chi connectivity index (χ0) is 21.5. The number of aromatic nitrogens is 2. The smallest absolute Gasteiger partial charge is 0.263 e. The number of nitrogens with one attached hydrogen (secondary N) is 1. The number of ether oxygens (including phenoxy) is 1. The van der Waals surface area contributed by atoms with Gasteiger partial charge < -0.3 is 14.6 Å². The van der Waals surface area contributed by atoms with Gasteiger partial charge in [-0.15, -0.1) is 0 Å². The number of amides is 1. The number of nitrogens with zero attached hydrogens (tertiary/aromatic N) is 2. The molecule has 0 aliphatic heterocycles. The highest BCUT2D eigenvalue weighted by Crippen LogP contribution is 2.29. The van der Waals surface area contributed by atoms with Crippen LogP contribution in [0.1, 0.15) is 47.7 Å². The molecule has 0 saturated carbocycles. The summed E-state index contributed by atoms with van der Waals surface area (Å²) in [5.74, 6) is 0.352. The van der Waals surface area contributed by atoms with E-state index in [-0.39, 0.29) is 17.0 Å². The summed E-state index contributed by atoms with van der Waals surface area (Å²) in [5.41, 5.74) is 2.60. The van der Waals surface area contributed by atoms with E-state index < -0.39 is 0 Å². The van der Waals surface area contributed by atoms with Gasteiger partial charge in [-0.3, -0.25) is 14.6 Å². The average molecular weight is 408 g/mol. The van der Waals surface area contributed by atoms with E-state index in [4.69, 9.17) is 4.74 Å². The van der Waals surface area contributed by atoms with Gasteiger partial charge >= 0.3 is 0 Å². The van der Waals surface area contributed by atoms with Crippen LogP contribution in [0.3, 0.4) is 0 Å². The van der Waals surface area contributed by atoms with Crippen LogP contribution in [0.2, 0.25) is 0 Å². The van der Waals surface area contributed by atoms with Gasteiger partial charge in [-0.05, 0) is 49.1 Å². The molecule has 0 fully saturated rings. The molecule has 6 heteroatoms. The Morgan fingerprint density at radius 1 is 1.17 bits per heavy atom. The summed E-state index contributed by atoms with van der Waals surface area (Å²) in [4.78, 5) is 29.6. The molecule has 2 heterocycles. The predicted octanol–water partition coefficient (Wildman–Crippen LogP) is 3.78. The lowest BCUT2D eigenvalue weighted by Crippen LogP contribution is -2.33. The fourth-order valence-electron chi connectivity index (χ4n) is 3.49. The molecule has 0 aliphatic rings. The first-order valence-corrected chi connectivity index (χ1v) is 10.5. The second kappa shape index (κ2) is 10.1. The second-order valence-electron chi connectivity index (χ2n) is 7.49. The van der Waals surface area contributed by atoms with Crippen LogP contribution in [0, 0.1) is 6.92 Å². The molecule has 0 atom stereocenters. The molecule has 3 aromatic rings. The Morgan fingerprint density at radius 3 is 2.67 bits per heavy atom. The lowest BCUT2D eigenvalue weighted by molar-refractivity contribution is 0.0952. The summed E-state index contributed by atoms with van der Waals surface area (Å²) in [6.07, 6.45) is 7.32. The third kappa shape index (κ3) is 4.87. The van der Waals surface area contributed by atoms with Gasteiger partial charge in [0.15, 0.2) is 0 Å². The Bertz CT molecular complexity index is 1070. The van der Waals surface area contributed by atoms with Crippen LogP contribution in [-0.2, 0) is 13.5 Å². The van der Waals surface area contributed by atoms with Gasteiger partial charge in [0.2, 0.25) is 0 Å². The topological polar surface area (TPSA) is 73.2 Å². The molecule has 1 aromatic carbocycles. The van der Waals surface area contributed by atoms with Crippen molar-refractivity contribution in [3.63, 3.8) is 0 Å². The van der Waals surface area contributed by atoms with Crippen molar-refractivity contribution < 1.29 is 9.53 Å². The summed E-state index contributed by atoms with van der Waals surface area (Å²) >= 11 is 0. The fraction of sp³-hybridized carbons (Fsp3) is 0.375. The van der Waals surface area contributed by atoms with E-state index in [0.717, 1.165) is 41.3 Å². The first kappa shape index (κ1) is 21.6. The molecule has 1 amide bonds. The van der Waals surface area contributed by atoms with E-state index >= 15 is 0 Å². The van der Waals surface area contributed by atoms with Crippen LogP contribution in [0.4, 0.5) is 0 Å². The molecule has 1 N–H and O–H groups in total. The van der Waals surface area contributed by atoms with Crippen molar-refractivity contribution in [3.8, 4) is 5.75 Å². The number of carbonyl (C=O) groups is 1. The van der Waals surface area contributed by atoms with Crippen molar-refractivity contribution in [2.75, 3.05) is 13.2 Å². The Kier molecular flexibility index (Phi) is 7.22. The van der Waals surface area contributed by atoms with Gasteiger partial charge in [-0.25, -0.2) is 0 Å². The highest BCUT2D eigenvalue weighted by molar-refractivity contribution is 5.98. The maximum Gasteiger partial charge on any atom is 0.263 e. The van der Waals surface area contributed by atoms with Crippen LogP contribution in [0.25, 0.3) is 10.9 Å². The van der Waals surface area contributed by atoms with E-state index in [9.17, 15) is 9.59 Å². The van der Waals surface area contributed by atoms with Crippen molar-refractivity contribution in [3.05, 3.63) is 69.8 Å². The zero-order valence-corrected chi connectivity index (χ0v) is 17.9. The van der Waals surface area contributed by atoms with Gasteiger partial charge in [0.25, 0.3) is 11.5 Å². The van der Waals surface area contributed by atoms with E-state index in [1.165, 1.54) is 4.57 Å². The number of benzene rings is 1. The third-order valence-electron chi connectivity index (χ3n) is 5.22. The number of aryl methyl sites for hydroxylation is 2. The molecule has 30 heavy (non-hydrogen) atoms. The maximum absolute atomic E-state index is 12.9. The fourth-order valence-corrected chi connectivity index (χ4v) is 3.49. The molecule has 3 rings (SSSR count). The number of unbranched alkanes of at least 4 members (excludes halogenated alkanes) is 2. The Hall–Kier alpha value is -3.15. The molecule has 0 unspecified atom stereocenters. The summed E-state index contributed by atoms with van der Waals surface area (Å²) in [6, 6.07) is 9.37. The van der Waals surface area contributed by atoms with Crippen LogP contribution in [0.5, 0.6) is 5.75 Å². The van der Waals surface area contributed by atoms with Crippen molar-refractivity contribution >= 4 is 16.8 Å². The van der Waals surface area contributed by atoms with Crippen molar-refractivity contribution in [2.24, 2.45) is 7.05 Å². The lowest BCUT2D eigenvalue weighted by atomic mass is 10.1. The molecular weight excluding hydrogens is 378 g/mol. The van der Waals surface area contributed by atoms with Crippen molar-refractivity contribution in [1.82, 2.24) is 14.9 Å². The maximum atomic E-state index is 12.9. The molecule has 0 aliphatic carbocycles. The molecule has 158 valence electrons. The van der Waals surface area contributed by atoms with E-state index in [2.05, 4.69) is 17.2 Å². The van der Waals surface area contributed by atoms with E-state index in [1.54, 1.807) is 25.5 Å². The Morgan fingerprint density at radius 2 is 1.93 bits per heavy atom. The van der Waals surface area contributed by atoms with Gasteiger partial charge in [0, 0.05) is 31.4 Å². The highest BCUT2D eigenvalue weighted by atomic mass is 16.5. The summed E-state index contributed by atoms with van der Waals surface area (Å²) in [7, 11) is 1.69. The second-order valence-corrected chi connectivity index (χ2v) is 7.49. The normalized spacial score (nSPS) is 10.9. The largest absolute Gasteiger partial charge is 0.491 e.